The predicted octanol–water partition coefficient (Wildman–Crippen LogP) is 1.91. The molecule has 0 spiro atoms. The Morgan fingerprint density at radius 2 is 1.73 bits per heavy atom. The topological polar surface area (TPSA) is 55.4 Å². The summed E-state index contributed by atoms with van der Waals surface area (Å²) in [4.78, 5) is 0. The van der Waals surface area contributed by atoms with Gasteiger partial charge in [-0.15, -0.1) is 0 Å². The number of fused-ring (bicyclic) bond motifs is 4. The van der Waals surface area contributed by atoms with Gasteiger partial charge >= 0.3 is 0 Å². The summed E-state index contributed by atoms with van der Waals surface area (Å²) < 4.78 is 35.0. The van der Waals surface area contributed by atoms with Gasteiger partial charge in [0.15, 0.2) is 12.6 Å². The average Bonchev–Trinajstić information content (AvgIpc) is 2.72. The van der Waals surface area contributed by atoms with Crippen molar-refractivity contribution in [2.75, 3.05) is 6.61 Å². The van der Waals surface area contributed by atoms with Crippen molar-refractivity contribution in [1.29, 1.82) is 0 Å². The largest absolute Gasteiger partial charge is 0.374 e. The van der Waals surface area contributed by atoms with E-state index in [1.54, 1.807) is 6.92 Å². The van der Waals surface area contributed by atoms with Crippen molar-refractivity contribution in [3.05, 3.63) is 35.4 Å². The first-order valence-electron chi connectivity index (χ1n) is 7.58. The minimum absolute atomic E-state index is 0.198. The van der Waals surface area contributed by atoms with Crippen LogP contribution in [0.4, 0.5) is 0 Å². The van der Waals surface area contributed by atoms with Crippen LogP contribution in [-0.4, -0.2) is 37.4 Å². The molecule has 3 aliphatic heterocycles. The van der Waals surface area contributed by atoms with E-state index < -0.39 is 18.6 Å². The Hall–Kier alpha value is -1.02. The second-order valence-corrected chi connectivity index (χ2v) is 5.93. The number of hydrogen-bond donors (Lipinski definition) is 0. The Bertz CT molecular complexity index is 549. The molecule has 0 amide bonds. The monoisotopic (exact) mass is 308 g/mol. The van der Waals surface area contributed by atoms with Crippen LogP contribution in [0.2, 0.25) is 0 Å². The third kappa shape index (κ3) is 2.67. The molecule has 6 heteroatoms. The lowest BCUT2D eigenvalue weighted by Crippen LogP contribution is -2.44. The maximum Gasteiger partial charge on any atom is 0.284 e. The van der Waals surface area contributed by atoms with Gasteiger partial charge in [-0.2, -0.15) is 0 Å². The Kier molecular flexibility index (Phi) is 3.68. The molecule has 3 heterocycles. The molecule has 0 aliphatic carbocycles. The zero-order valence-corrected chi connectivity index (χ0v) is 12.7. The van der Waals surface area contributed by atoms with Crippen LogP contribution in [0.5, 0.6) is 0 Å². The molecule has 1 aromatic carbocycles. The smallest absolute Gasteiger partial charge is 0.284 e. The summed E-state index contributed by atoms with van der Waals surface area (Å²) in [5, 5.41) is 0. The van der Waals surface area contributed by atoms with Crippen LogP contribution in [0.1, 0.15) is 25.0 Å². The number of rotatable bonds is 0. The van der Waals surface area contributed by atoms with E-state index in [2.05, 4.69) is 0 Å². The summed E-state index contributed by atoms with van der Waals surface area (Å²) in [5.41, 5.74) is 2.20. The SMILES string of the molecule is CC1OC2(C)OC3OCc4ccccc4COCC3O[C@@H]1O2. The maximum atomic E-state index is 5.95. The lowest BCUT2D eigenvalue weighted by molar-refractivity contribution is -0.376. The molecule has 5 atom stereocenters. The van der Waals surface area contributed by atoms with Gasteiger partial charge in [0.25, 0.3) is 5.97 Å². The highest BCUT2D eigenvalue weighted by atomic mass is 17.0. The molecule has 0 aromatic heterocycles. The Labute approximate surface area is 129 Å². The van der Waals surface area contributed by atoms with Crippen molar-refractivity contribution >= 4 is 0 Å². The van der Waals surface area contributed by atoms with Gasteiger partial charge in [0.2, 0.25) is 0 Å². The van der Waals surface area contributed by atoms with Crippen LogP contribution in [0.15, 0.2) is 24.3 Å². The summed E-state index contributed by atoms with van der Waals surface area (Å²) >= 11 is 0. The summed E-state index contributed by atoms with van der Waals surface area (Å²) in [7, 11) is 0. The van der Waals surface area contributed by atoms with Gasteiger partial charge in [0.05, 0.1) is 19.8 Å². The fourth-order valence-corrected chi connectivity index (χ4v) is 3.00. The predicted molar refractivity (Wildman–Crippen MR) is 74.5 cm³/mol. The molecule has 0 radical (unpaired) electrons. The molecular weight excluding hydrogens is 288 g/mol. The van der Waals surface area contributed by atoms with E-state index >= 15 is 0 Å². The highest BCUT2D eigenvalue weighted by Gasteiger charge is 2.51. The molecule has 1 aromatic rings. The summed E-state index contributed by atoms with van der Waals surface area (Å²) in [6.07, 6.45) is -1.63. The molecule has 6 nitrogen and oxygen atoms in total. The quantitative estimate of drug-likeness (QED) is 0.730. The van der Waals surface area contributed by atoms with Crippen LogP contribution in [0.3, 0.4) is 0 Å². The molecule has 4 unspecified atom stereocenters. The zero-order chi connectivity index (χ0) is 15.2. The molecule has 0 saturated carbocycles. The Morgan fingerprint density at radius 3 is 2.55 bits per heavy atom. The van der Waals surface area contributed by atoms with Crippen LogP contribution >= 0.6 is 0 Å². The normalized spacial score (nSPS) is 41.5. The fraction of sp³-hybridized carbons (Fsp3) is 0.625. The van der Waals surface area contributed by atoms with E-state index in [1.807, 2.05) is 31.2 Å². The fourth-order valence-electron chi connectivity index (χ4n) is 3.00. The first-order valence-corrected chi connectivity index (χ1v) is 7.58. The van der Waals surface area contributed by atoms with Gasteiger partial charge in [-0.3, -0.25) is 9.47 Å². The maximum absolute atomic E-state index is 5.95. The summed E-state index contributed by atoms with van der Waals surface area (Å²) in [5.74, 6) is -1.14. The van der Waals surface area contributed by atoms with E-state index in [0.29, 0.717) is 19.8 Å². The van der Waals surface area contributed by atoms with E-state index in [9.17, 15) is 0 Å². The van der Waals surface area contributed by atoms with Crippen LogP contribution < -0.4 is 0 Å². The molecule has 4 rings (SSSR count). The van der Waals surface area contributed by atoms with Crippen molar-refractivity contribution in [2.24, 2.45) is 0 Å². The minimum atomic E-state index is -1.14. The highest BCUT2D eigenvalue weighted by molar-refractivity contribution is 5.25. The molecule has 2 fully saturated rings. The van der Waals surface area contributed by atoms with Crippen molar-refractivity contribution in [2.45, 2.75) is 57.8 Å². The lowest BCUT2D eigenvalue weighted by Gasteiger charge is -2.31. The summed E-state index contributed by atoms with van der Waals surface area (Å²) in [6.45, 7) is 4.97. The minimum Gasteiger partial charge on any atom is -0.374 e. The van der Waals surface area contributed by atoms with Crippen molar-refractivity contribution in [1.82, 2.24) is 0 Å². The van der Waals surface area contributed by atoms with Crippen molar-refractivity contribution < 1.29 is 28.4 Å². The number of ether oxygens (including phenoxy) is 6. The Balaban J connectivity index is 1.57. The van der Waals surface area contributed by atoms with E-state index in [4.69, 9.17) is 28.4 Å². The van der Waals surface area contributed by atoms with Gasteiger partial charge in [-0.1, -0.05) is 24.3 Å². The molecule has 22 heavy (non-hydrogen) atoms. The standard InChI is InChI=1S/C16H20O6/c1-10-14-19-13-9-17-7-11-5-3-4-6-12(11)8-18-15(13)22-16(2,20-10)21-14/h3-6,10,13-15H,7-9H2,1-2H3/t10?,13?,14-,15?,16?/m1/s1. The van der Waals surface area contributed by atoms with Crippen LogP contribution in [0.25, 0.3) is 0 Å². The molecule has 2 bridgehead atoms. The van der Waals surface area contributed by atoms with Gasteiger partial charge in [-0.05, 0) is 18.1 Å². The van der Waals surface area contributed by atoms with Crippen molar-refractivity contribution in [3.63, 3.8) is 0 Å². The second-order valence-electron chi connectivity index (χ2n) is 5.93. The zero-order valence-electron chi connectivity index (χ0n) is 12.7. The second kappa shape index (κ2) is 5.56. The number of benzene rings is 1. The van der Waals surface area contributed by atoms with Gasteiger partial charge < -0.3 is 18.9 Å². The van der Waals surface area contributed by atoms with Crippen LogP contribution in [0, 0.1) is 0 Å². The highest BCUT2D eigenvalue weighted by Crippen LogP contribution is 2.37. The first kappa shape index (κ1) is 14.6. The molecule has 3 aliphatic rings. The number of hydrogen-bond acceptors (Lipinski definition) is 6. The van der Waals surface area contributed by atoms with E-state index in [-0.39, 0.29) is 12.2 Å². The Morgan fingerprint density at radius 1 is 1.00 bits per heavy atom. The average molecular weight is 308 g/mol. The molecule has 2 saturated heterocycles. The lowest BCUT2D eigenvalue weighted by atomic mass is 10.1. The summed E-state index contributed by atoms with van der Waals surface area (Å²) in [6, 6.07) is 8.05. The molecular formula is C16H20O6. The van der Waals surface area contributed by atoms with E-state index in [0.717, 1.165) is 11.1 Å². The van der Waals surface area contributed by atoms with E-state index in [1.165, 1.54) is 0 Å². The first-order chi connectivity index (χ1) is 10.6. The van der Waals surface area contributed by atoms with Crippen LogP contribution in [-0.2, 0) is 41.6 Å². The molecule has 0 N–H and O–H groups in total. The van der Waals surface area contributed by atoms with Gasteiger partial charge in [0, 0.05) is 6.92 Å². The third-order valence-corrected chi connectivity index (χ3v) is 4.12. The van der Waals surface area contributed by atoms with Crippen molar-refractivity contribution in [3.8, 4) is 0 Å². The van der Waals surface area contributed by atoms with Gasteiger partial charge in [0.1, 0.15) is 12.2 Å². The van der Waals surface area contributed by atoms with Gasteiger partial charge in [-0.25, -0.2) is 0 Å². The molecule has 120 valence electrons. The third-order valence-electron chi connectivity index (χ3n) is 4.12.